The highest BCUT2D eigenvalue weighted by Crippen LogP contribution is 2.35. The van der Waals surface area contributed by atoms with Gasteiger partial charge in [-0.2, -0.15) is 0 Å². The fourth-order valence-corrected chi connectivity index (χ4v) is 12.7. The van der Waals surface area contributed by atoms with E-state index in [2.05, 4.69) is 5.32 Å². The van der Waals surface area contributed by atoms with Crippen molar-refractivity contribution in [3.63, 3.8) is 0 Å². The van der Waals surface area contributed by atoms with Crippen molar-refractivity contribution in [1.82, 2.24) is 5.32 Å². The summed E-state index contributed by atoms with van der Waals surface area (Å²) in [5.74, 6) is -1.99. The molecule has 0 radical (unpaired) electrons. The van der Waals surface area contributed by atoms with Crippen molar-refractivity contribution in [3.8, 4) is 0 Å². The zero-order valence-electron chi connectivity index (χ0n) is 80.2. The number of carbonyl (C=O) groups is 5. The highest BCUT2D eigenvalue weighted by atomic mass is 16.6. The van der Waals surface area contributed by atoms with E-state index in [1.807, 2.05) is 91.0 Å². The molecule has 0 spiro atoms. The molecule has 0 unspecified atom stereocenters. The van der Waals surface area contributed by atoms with Crippen LogP contribution in [-0.2, 0) is 172 Å². The summed E-state index contributed by atoms with van der Waals surface area (Å²) < 4.78 is 150. The Hall–Kier alpha value is -5.95. The second-order valence-corrected chi connectivity index (χ2v) is 30.9. The smallest absolute Gasteiger partial charge is 0.321 e. The van der Waals surface area contributed by atoms with Crippen LogP contribution in [0.3, 0.4) is 0 Å². The summed E-state index contributed by atoms with van der Waals surface area (Å²) in [6, 6.07) is 29.0. The zero-order chi connectivity index (χ0) is 94.6. The number of esters is 3. The Balaban J connectivity index is 1.03. The minimum atomic E-state index is -1.34. The number of unbranched alkanes of at least 4 members (excludes halogenated alkanes) is 16. The second-order valence-electron chi connectivity index (χ2n) is 30.9. The maximum absolute atomic E-state index is 14.5. The molecule has 3 aromatic carbocycles. The molecule has 766 valence electrons. The van der Waals surface area contributed by atoms with Gasteiger partial charge in [-0.15, -0.1) is 0 Å². The normalized spacial score (nSPS) is 11.6. The van der Waals surface area contributed by atoms with Crippen molar-refractivity contribution in [3.05, 3.63) is 108 Å². The van der Waals surface area contributed by atoms with E-state index in [0.29, 0.717) is 356 Å². The summed E-state index contributed by atoms with van der Waals surface area (Å²) in [5.41, 5.74) is 1.49. The first-order chi connectivity index (χ1) is 65.8. The van der Waals surface area contributed by atoms with Gasteiger partial charge in [-0.3, -0.25) is 24.0 Å². The molecule has 2 N–H and O–H groups in total. The predicted octanol–water partition coefficient (Wildman–Crippen LogP) is 11.8. The monoisotopic (exact) mass is 1900 g/mol. The molecule has 0 aliphatic rings. The van der Waals surface area contributed by atoms with Gasteiger partial charge in [-0.25, -0.2) is 0 Å². The van der Waals surface area contributed by atoms with Gasteiger partial charge in [0.1, 0.15) is 25.2 Å². The van der Waals surface area contributed by atoms with E-state index < -0.39 is 17.4 Å². The van der Waals surface area contributed by atoms with Crippen LogP contribution in [0.25, 0.3) is 0 Å². The average Bonchev–Trinajstić information content (AvgIpc) is 0.805. The molecule has 0 saturated heterocycles. The van der Waals surface area contributed by atoms with Gasteiger partial charge in [-0.1, -0.05) is 194 Å². The number of rotatable bonds is 107. The lowest BCUT2D eigenvalue weighted by atomic mass is 9.76. The lowest BCUT2D eigenvalue weighted by Gasteiger charge is -2.31. The Kier molecular flexibility index (Phi) is 89.0. The standard InChI is InChI=1S/C99H167NO33/c101-94(102)36-40-107-42-44-109-46-48-111-50-52-113-54-56-115-58-60-117-62-64-119-66-68-121-70-72-123-74-76-125-78-80-127-82-84-129-86-87-130-85-83-128-81-79-126-77-75-124-73-71-122-69-67-120-65-63-118-61-59-116-57-55-114-53-51-112-49-47-110-45-43-108-41-39-100-97(105)99(98(106)133-90-93-32-22-17-23-33-93,37-26-13-9-5-1-3-7-11-24-34-95(103)131-88-91-28-18-15-19-29-91)38-27-14-10-6-2-4-8-12-25-35-96(104)132-89-92-30-20-16-21-31-92/h15-23,28-33H,1-14,24-27,34-90H2,(H,100,105)(H,101,102). The van der Waals surface area contributed by atoms with Crippen LogP contribution >= 0.6 is 0 Å². The average molecular weight is 1900 g/mol. The molecular formula is C99H167NO33. The third-order valence-electron chi connectivity index (χ3n) is 20.0. The van der Waals surface area contributed by atoms with Crippen LogP contribution in [0, 0.1) is 5.41 Å². The third kappa shape index (κ3) is 82.8. The maximum Gasteiger partial charge on any atom is 0.321 e. The molecule has 34 heteroatoms. The second kappa shape index (κ2) is 97.7. The van der Waals surface area contributed by atoms with E-state index in [4.69, 9.17) is 133 Å². The van der Waals surface area contributed by atoms with Gasteiger partial charge in [0.15, 0.2) is 0 Å². The van der Waals surface area contributed by atoms with Crippen LogP contribution in [0.15, 0.2) is 91.0 Å². The lowest BCUT2D eigenvalue weighted by Crippen LogP contribution is -2.48. The fourth-order valence-electron chi connectivity index (χ4n) is 12.7. The van der Waals surface area contributed by atoms with Gasteiger partial charge in [0, 0.05) is 19.4 Å². The third-order valence-corrected chi connectivity index (χ3v) is 20.0. The number of aliphatic carboxylic acids is 1. The highest BCUT2D eigenvalue weighted by molar-refractivity contribution is 6.02. The van der Waals surface area contributed by atoms with Crippen LogP contribution in [0.5, 0.6) is 0 Å². The first-order valence-electron chi connectivity index (χ1n) is 48.7. The summed E-state index contributed by atoms with van der Waals surface area (Å²) in [7, 11) is 0. The van der Waals surface area contributed by atoms with Gasteiger partial charge >= 0.3 is 23.9 Å². The van der Waals surface area contributed by atoms with E-state index in [1.165, 1.54) is 0 Å². The Bertz CT molecular complexity index is 2900. The summed E-state index contributed by atoms with van der Waals surface area (Å²) in [4.78, 5) is 63.9. The number of carboxylic acid groups (broad SMARTS) is 1. The topological polar surface area (TPSA) is 367 Å². The molecule has 133 heavy (non-hydrogen) atoms. The van der Waals surface area contributed by atoms with Crippen LogP contribution in [-0.4, -0.2) is 359 Å². The minimum Gasteiger partial charge on any atom is -0.481 e. The summed E-state index contributed by atoms with van der Waals surface area (Å²) in [6.45, 7) is 22.0. The van der Waals surface area contributed by atoms with Crippen molar-refractivity contribution >= 4 is 29.8 Å². The molecule has 0 bridgehead atoms. The zero-order valence-corrected chi connectivity index (χ0v) is 80.2. The number of amides is 1. The molecule has 1 amide bonds. The molecule has 0 saturated carbocycles. The molecular weight excluding hydrogens is 1730 g/mol. The highest BCUT2D eigenvalue weighted by Gasteiger charge is 2.46. The van der Waals surface area contributed by atoms with Crippen molar-refractivity contribution in [1.29, 1.82) is 0 Å². The van der Waals surface area contributed by atoms with Crippen molar-refractivity contribution < 1.29 is 157 Å². The van der Waals surface area contributed by atoms with Crippen LogP contribution in [0.2, 0.25) is 0 Å². The van der Waals surface area contributed by atoms with E-state index in [-0.39, 0.29) is 50.6 Å². The van der Waals surface area contributed by atoms with Gasteiger partial charge in [0.05, 0.1) is 324 Å². The molecule has 0 atom stereocenters. The Morgan fingerprint density at radius 3 is 0.602 bits per heavy atom. The molecule has 0 aliphatic carbocycles. The van der Waals surface area contributed by atoms with Gasteiger partial charge in [-0.05, 0) is 42.4 Å². The molecule has 0 aromatic heterocycles. The number of nitrogens with one attached hydrogen (secondary N) is 1. The molecule has 3 aromatic rings. The molecule has 0 heterocycles. The minimum absolute atomic E-state index is 0.0145. The molecule has 3 rings (SSSR count). The molecule has 0 fully saturated rings. The fraction of sp³-hybridized carbons (Fsp3) is 0.768. The Labute approximate surface area is 792 Å². The van der Waals surface area contributed by atoms with Gasteiger partial charge < -0.3 is 138 Å². The van der Waals surface area contributed by atoms with Crippen LogP contribution < -0.4 is 5.32 Å². The largest absolute Gasteiger partial charge is 0.481 e. The summed E-state index contributed by atoms with van der Waals surface area (Å²) in [5, 5.41) is 11.6. The SMILES string of the molecule is O=C(O)CCOCCOCCOCCOCCOCCOCCOCCOCCOCCOCCOCCOCCOCCOCCOCCOCCOCCOCCOCCOCCOCCOCCOCCOCCNC(=O)C(CCCCCCCCCCCC(=O)OCc1ccccc1)(CCCCCCCCCCCC(=O)OCc1ccccc1)C(=O)OCc1ccccc1. The number of carbonyl (C=O) groups excluding carboxylic acids is 4. The number of hydrogen-bond donors (Lipinski definition) is 2. The Morgan fingerprint density at radius 2 is 0.391 bits per heavy atom. The number of ether oxygens (including phenoxy) is 27. The van der Waals surface area contributed by atoms with E-state index in [0.717, 1.165) is 119 Å². The van der Waals surface area contributed by atoms with Gasteiger partial charge in [0.2, 0.25) is 5.91 Å². The molecule has 0 aliphatic heterocycles. The number of hydrogen-bond acceptors (Lipinski definition) is 32. The molecule has 34 nitrogen and oxygen atoms in total. The van der Waals surface area contributed by atoms with E-state index in [9.17, 15) is 24.0 Å². The number of benzene rings is 3. The number of carboxylic acids is 1. The first-order valence-corrected chi connectivity index (χ1v) is 48.7. The van der Waals surface area contributed by atoms with Gasteiger partial charge in [0.25, 0.3) is 0 Å². The van der Waals surface area contributed by atoms with Crippen LogP contribution in [0.4, 0.5) is 0 Å². The quantitative estimate of drug-likeness (QED) is 0.0229. The predicted molar refractivity (Wildman–Crippen MR) is 498 cm³/mol. The maximum atomic E-state index is 14.5. The van der Waals surface area contributed by atoms with Crippen molar-refractivity contribution in [2.24, 2.45) is 5.41 Å². The summed E-state index contributed by atoms with van der Waals surface area (Å²) in [6.07, 6.45) is 19.1. The Morgan fingerprint density at radius 1 is 0.211 bits per heavy atom. The lowest BCUT2D eigenvalue weighted by molar-refractivity contribution is -0.164. The summed E-state index contributed by atoms with van der Waals surface area (Å²) >= 11 is 0. The van der Waals surface area contributed by atoms with Crippen molar-refractivity contribution in [2.75, 3.05) is 324 Å². The van der Waals surface area contributed by atoms with E-state index >= 15 is 0 Å². The first kappa shape index (κ1) is 121. The van der Waals surface area contributed by atoms with Crippen LogP contribution in [0.1, 0.15) is 164 Å². The van der Waals surface area contributed by atoms with Crippen molar-refractivity contribution in [2.45, 2.75) is 167 Å². The van der Waals surface area contributed by atoms with E-state index in [1.54, 1.807) is 0 Å².